The van der Waals surface area contributed by atoms with E-state index < -0.39 is 10.0 Å². The van der Waals surface area contributed by atoms with Crippen molar-refractivity contribution in [2.45, 2.75) is 45.6 Å². The van der Waals surface area contributed by atoms with Gasteiger partial charge < -0.3 is 5.32 Å². The summed E-state index contributed by atoms with van der Waals surface area (Å²) < 4.78 is 25.5. The highest BCUT2D eigenvalue weighted by molar-refractivity contribution is 7.92. The van der Waals surface area contributed by atoms with E-state index in [4.69, 9.17) is 0 Å². The smallest absolute Gasteiger partial charge is 0.255 e. The van der Waals surface area contributed by atoms with Gasteiger partial charge in [0.05, 0.1) is 11.9 Å². The van der Waals surface area contributed by atoms with Crippen LogP contribution in [0.3, 0.4) is 0 Å². The van der Waals surface area contributed by atoms with Crippen molar-refractivity contribution in [3.05, 3.63) is 59.2 Å². The molecule has 144 valence electrons. The third-order valence-corrected chi connectivity index (χ3v) is 6.11. The lowest BCUT2D eigenvalue weighted by atomic mass is 9.86. The zero-order valence-electron chi connectivity index (χ0n) is 16.4. The molecule has 1 heterocycles. The number of nitrogens with zero attached hydrogens (tertiary/aromatic N) is 1. The quantitative estimate of drug-likeness (QED) is 0.869. The second-order valence-corrected chi connectivity index (χ2v) is 10.1. The number of amides is 1. The summed E-state index contributed by atoms with van der Waals surface area (Å²) in [5, 5.41) is 3.01. The Morgan fingerprint density at radius 2 is 1.81 bits per heavy atom. The minimum Gasteiger partial charge on any atom is -0.322 e. The standard InChI is InChI=1S/C21H26N2O3S/c1-14-12-16-13-15(10-11-19(16)23(14)27(5,25)26)20(24)22-18-9-7-6-8-17(18)21(2,3)4/h6-11,13-14H,12H2,1-5H3,(H,22,24). The van der Waals surface area contributed by atoms with Gasteiger partial charge in [0.25, 0.3) is 5.91 Å². The third kappa shape index (κ3) is 3.86. The molecule has 1 unspecified atom stereocenters. The molecule has 0 aliphatic carbocycles. The number of anilines is 2. The molecule has 0 saturated heterocycles. The molecular weight excluding hydrogens is 360 g/mol. The number of carbonyl (C=O) groups is 1. The largest absolute Gasteiger partial charge is 0.322 e. The van der Waals surface area contributed by atoms with Crippen molar-refractivity contribution in [1.82, 2.24) is 0 Å². The molecule has 0 spiro atoms. The number of hydrogen-bond acceptors (Lipinski definition) is 3. The monoisotopic (exact) mass is 386 g/mol. The first-order valence-corrected chi connectivity index (χ1v) is 10.9. The molecule has 0 radical (unpaired) electrons. The first-order valence-electron chi connectivity index (χ1n) is 9.01. The molecule has 2 aromatic rings. The lowest BCUT2D eigenvalue weighted by molar-refractivity contribution is 0.102. The number of para-hydroxylation sites is 1. The molecule has 1 atom stereocenters. The third-order valence-electron chi connectivity index (χ3n) is 4.84. The summed E-state index contributed by atoms with van der Waals surface area (Å²) in [5.74, 6) is -0.194. The summed E-state index contributed by atoms with van der Waals surface area (Å²) in [6.45, 7) is 8.19. The molecule has 1 amide bonds. The van der Waals surface area contributed by atoms with E-state index in [2.05, 4.69) is 26.1 Å². The maximum Gasteiger partial charge on any atom is 0.255 e. The number of benzene rings is 2. The zero-order valence-corrected chi connectivity index (χ0v) is 17.2. The molecule has 3 rings (SSSR count). The first-order chi connectivity index (χ1) is 12.5. The van der Waals surface area contributed by atoms with E-state index in [1.54, 1.807) is 18.2 Å². The number of nitrogens with one attached hydrogen (secondary N) is 1. The highest BCUT2D eigenvalue weighted by Gasteiger charge is 2.32. The van der Waals surface area contributed by atoms with Gasteiger partial charge >= 0.3 is 0 Å². The van der Waals surface area contributed by atoms with Crippen molar-refractivity contribution >= 4 is 27.3 Å². The van der Waals surface area contributed by atoms with E-state index in [0.717, 1.165) is 16.8 Å². The second-order valence-electron chi connectivity index (χ2n) is 8.21. The van der Waals surface area contributed by atoms with Crippen LogP contribution in [-0.2, 0) is 21.9 Å². The van der Waals surface area contributed by atoms with Crippen LogP contribution in [0.25, 0.3) is 0 Å². The van der Waals surface area contributed by atoms with Crippen LogP contribution in [0, 0.1) is 0 Å². The summed E-state index contributed by atoms with van der Waals surface area (Å²) in [7, 11) is -3.34. The van der Waals surface area contributed by atoms with Crippen molar-refractivity contribution < 1.29 is 13.2 Å². The Hall–Kier alpha value is -2.34. The van der Waals surface area contributed by atoms with E-state index in [9.17, 15) is 13.2 Å². The second kappa shape index (κ2) is 6.68. The molecule has 6 heteroatoms. The van der Waals surface area contributed by atoms with Gasteiger partial charge in [0, 0.05) is 17.3 Å². The summed E-state index contributed by atoms with van der Waals surface area (Å²) in [4.78, 5) is 12.8. The van der Waals surface area contributed by atoms with Crippen molar-refractivity contribution in [2.75, 3.05) is 15.9 Å². The van der Waals surface area contributed by atoms with Crippen LogP contribution in [0.15, 0.2) is 42.5 Å². The topological polar surface area (TPSA) is 66.5 Å². The molecule has 0 fully saturated rings. The molecule has 2 aromatic carbocycles. The Kier molecular flexibility index (Phi) is 4.80. The van der Waals surface area contributed by atoms with Gasteiger partial charge in [-0.05, 0) is 54.2 Å². The Morgan fingerprint density at radius 1 is 1.15 bits per heavy atom. The van der Waals surface area contributed by atoms with Gasteiger partial charge in [0.15, 0.2) is 0 Å². The van der Waals surface area contributed by atoms with Gasteiger partial charge in [-0.3, -0.25) is 9.10 Å². The zero-order chi connectivity index (χ0) is 20.0. The molecule has 0 aromatic heterocycles. The van der Waals surface area contributed by atoms with E-state index in [0.29, 0.717) is 17.7 Å². The number of hydrogen-bond donors (Lipinski definition) is 1. The van der Waals surface area contributed by atoms with Crippen molar-refractivity contribution in [3.63, 3.8) is 0 Å². The SMILES string of the molecule is CC1Cc2cc(C(=O)Nc3ccccc3C(C)(C)C)ccc2N1S(C)(=O)=O. The maximum absolute atomic E-state index is 12.8. The van der Waals surface area contributed by atoms with E-state index in [1.807, 2.05) is 31.2 Å². The summed E-state index contributed by atoms with van der Waals surface area (Å²) in [6, 6.07) is 12.9. The van der Waals surface area contributed by atoms with Crippen LogP contribution in [0.4, 0.5) is 11.4 Å². The Labute approximate surface area is 161 Å². The fourth-order valence-electron chi connectivity index (χ4n) is 3.69. The molecule has 0 bridgehead atoms. The van der Waals surface area contributed by atoms with Crippen molar-refractivity contribution in [1.29, 1.82) is 0 Å². The van der Waals surface area contributed by atoms with Crippen LogP contribution in [-0.4, -0.2) is 26.6 Å². The molecule has 1 aliphatic rings. The maximum atomic E-state index is 12.8. The minimum atomic E-state index is -3.34. The highest BCUT2D eigenvalue weighted by atomic mass is 32.2. The number of carbonyl (C=O) groups excluding carboxylic acids is 1. The minimum absolute atomic E-state index is 0.0901. The summed E-state index contributed by atoms with van der Waals surface area (Å²) in [5.41, 5.74) is 3.84. The molecular formula is C21H26N2O3S. The van der Waals surface area contributed by atoms with E-state index >= 15 is 0 Å². The van der Waals surface area contributed by atoms with Crippen LogP contribution in [0.5, 0.6) is 0 Å². The van der Waals surface area contributed by atoms with E-state index in [1.165, 1.54) is 10.6 Å². The number of rotatable bonds is 3. The highest BCUT2D eigenvalue weighted by Crippen LogP contribution is 2.35. The van der Waals surface area contributed by atoms with Crippen molar-refractivity contribution in [2.24, 2.45) is 0 Å². The number of sulfonamides is 1. The van der Waals surface area contributed by atoms with Gasteiger partial charge in [0.1, 0.15) is 0 Å². The predicted octanol–water partition coefficient (Wildman–Crippen LogP) is 3.95. The van der Waals surface area contributed by atoms with Crippen LogP contribution < -0.4 is 9.62 Å². The number of fused-ring (bicyclic) bond motifs is 1. The fraction of sp³-hybridized carbons (Fsp3) is 0.381. The lowest BCUT2D eigenvalue weighted by Gasteiger charge is -2.23. The van der Waals surface area contributed by atoms with Crippen LogP contribution >= 0.6 is 0 Å². The first kappa shape index (κ1) is 19.4. The lowest BCUT2D eigenvalue weighted by Crippen LogP contribution is -2.34. The van der Waals surface area contributed by atoms with Crippen molar-refractivity contribution in [3.8, 4) is 0 Å². The van der Waals surface area contributed by atoms with Gasteiger partial charge in [-0.15, -0.1) is 0 Å². The molecule has 0 saturated carbocycles. The molecule has 5 nitrogen and oxygen atoms in total. The van der Waals surface area contributed by atoms with Crippen LogP contribution in [0.2, 0.25) is 0 Å². The molecule has 1 aliphatic heterocycles. The van der Waals surface area contributed by atoms with Gasteiger partial charge in [-0.25, -0.2) is 8.42 Å². The normalized spacial score (nSPS) is 16.9. The fourth-order valence-corrected chi connectivity index (χ4v) is 4.95. The summed E-state index contributed by atoms with van der Waals surface area (Å²) in [6.07, 6.45) is 1.81. The van der Waals surface area contributed by atoms with Gasteiger partial charge in [-0.2, -0.15) is 0 Å². The predicted molar refractivity (Wildman–Crippen MR) is 110 cm³/mol. The van der Waals surface area contributed by atoms with Crippen LogP contribution in [0.1, 0.15) is 49.2 Å². The molecule has 27 heavy (non-hydrogen) atoms. The average molecular weight is 387 g/mol. The van der Waals surface area contributed by atoms with E-state index in [-0.39, 0.29) is 17.4 Å². The molecule has 1 N–H and O–H groups in total. The summed E-state index contributed by atoms with van der Waals surface area (Å²) >= 11 is 0. The Morgan fingerprint density at radius 3 is 2.44 bits per heavy atom. The Balaban J connectivity index is 1.90. The van der Waals surface area contributed by atoms with Gasteiger partial charge in [0.2, 0.25) is 10.0 Å². The average Bonchev–Trinajstić information content (AvgIpc) is 2.89. The Bertz CT molecular complexity index is 991. The van der Waals surface area contributed by atoms with Gasteiger partial charge in [-0.1, -0.05) is 39.0 Å².